The summed E-state index contributed by atoms with van der Waals surface area (Å²) in [6.07, 6.45) is 37.0. The van der Waals surface area contributed by atoms with Crippen LogP contribution in [0.1, 0.15) is 206 Å². The van der Waals surface area contributed by atoms with Gasteiger partial charge in [0.05, 0.1) is 18.8 Å². The van der Waals surface area contributed by atoms with E-state index in [-0.39, 0.29) is 6.42 Å². The largest absolute Gasteiger partial charge is 0.394 e. The summed E-state index contributed by atoms with van der Waals surface area (Å²) in [7, 11) is 0. The van der Waals surface area contributed by atoms with Crippen molar-refractivity contribution in [1.82, 2.24) is 5.32 Å². The van der Waals surface area contributed by atoms with Gasteiger partial charge in [0.25, 0.3) is 0 Å². The van der Waals surface area contributed by atoms with Crippen molar-refractivity contribution < 1.29 is 25.2 Å². The average Bonchev–Trinajstić information content (AvgIpc) is 3.06. The zero-order valence-electron chi connectivity index (χ0n) is 30.6. The van der Waals surface area contributed by atoms with Crippen LogP contribution in [0.2, 0.25) is 0 Å². The monoisotopic (exact) mass is 654 g/mol. The number of nitrogens with one attached hydrogen (secondary N) is 1. The molecule has 46 heavy (non-hydrogen) atoms. The molecule has 4 unspecified atom stereocenters. The molecule has 274 valence electrons. The number of hydrogen-bond acceptors (Lipinski definition) is 5. The Labute approximate surface area is 285 Å². The first-order valence-electron chi connectivity index (χ1n) is 20.1. The lowest BCUT2D eigenvalue weighted by atomic mass is 9.99. The summed E-state index contributed by atoms with van der Waals surface area (Å²) < 4.78 is 0. The Morgan fingerprint density at radius 1 is 0.522 bits per heavy atom. The van der Waals surface area contributed by atoms with Gasteiger partial charge >= 0.3 is 0 Å². The topological polar surface area (TPSA) is 110 Å². The molecule has 0 aromatic rings. The highest BCUT2D eigenvalue weighted by atomic mass is 16.3. The van der Waals surface area contributed by atoms with Gasteiger partial charge in [-0.15, -0.1) is 0 Å². The van der Waals surface area contributed by atoms with Crippen LogP contribution in [0.3, 0.4) is 0 Å². The zero-order chi connectivity index (χ0) is 33.9. The Morgan fingerprint density at radius 3 is 1.30 bits per heavy atom. The van der Waals surface area contributed by atoms with E-state index in [9.17, 15) is 25.2 Å². The molecule has 0 aromatic carbocycles. The van der Waals surface area contributed by atoms with E-state index in [0.29, 0.717) is 12.8 Å². The summed E-state index contributed by atoms with van der Waals surface area (Å²) in [5.41, 5.74) is 0. The van der Waals surface area contributed by atoms with E-state index in [1.807, 2.05) is 6.08 Å². The second-order valence-electron chi connectivity index (χ2n) is 14.0. The summed E-state index contributed by atoms with van der Waals surface area (Å²) in [5.74, 6) is -0.619. The van der Waals surface area contributed by atoms with Gasteiger partial charge in [0.2, 0.25) is 5.91 Å². The molecule has 6 nitrogen and oxygen atoms in total. The molecular weight excluding hydrogens is 574 g/mol. The second kappa shape index (κ2) is 35.4. The Balaban J connectivity index is 3.67. The van der Waals surface area contributed by atoms with Crippen molar-refractivity contribution in [2.75, 3.05) is 6.61 Å². The van der Waals surface area contributed by atoms with Gasteiger partial charge < -0.3 is 25.7 Å². The minimum absolute atomic E-state index is 0.285. The fourth-order valence-electron chi connectivity index (χ4n) is 6.23. The van der Waals surface area contributed by atoms with Crippen LogP contribution in [-0.2, 0) is 4.79 Å². The van der Waals surface area contributed by atoms with E-state index < -0.39 is 36.9 Å². The molecule has 0 aromatic heterocycles. The Morgan fingerprint density at radius 2 is 0.891 bits per heavy atom. The van der Waals surface area contributed by atoms with Crippen molar-refractivity contribution in [2.24, 2.45) is 0 Å². The third kappa shape index (κ3) is 29.2. The lowest BCUT2D eigenvalue weighted by Crippen LogP contribution is -2.53. The summed E-state index contributed by atoms with van der Waals surface area (Å²) in [4.78, 5) is 12.4. The molecule has 0 radical (unpaired) electrons. The van der Waals surface area contributed by atoms with Crippen LogP contribution in [-0.4, -0.2) is 57.3 Å². The third-order valence-corrected chi connectivity index (χ3v) is 9.48. The molecule has 0 rings (SSSR count). The van der Waals surface area contributed by atoms with Crippen LogP contribution in [0.5, 0.6) is 0 Å². The Kier molecular flexibility index (Phi) is 34.6. The van der Waals surface area contributed by atoms with Crippen LogP contribution in [0.15, 0.2) is 12.2 Å². The molecule has 0 aliphatic carbocycles. The van der Waals surface area contributed by atoms with Gasteiger partial charge in [-0.05, 0) is 32.1 Å². The van der Waals surface area contributed by atoms with Gasteiger partial charge in [-0.2, -0.15) is 0 Å². The normalized spacial score (nSPS) is 14.5. The summed E-state index contributed by atoms with van der Waals surface area (Å²) in [6, 6.07) is -0.994. The van der Waals surface area contributed by atoms with E-state index in [2.05, 4.69) is 25.2 Å². The van der Waals surface area contributed by atoms with Gasteiger partial charge in [0, 0.05) is 0 Å². The van der Waals surface area contributed by atoms with Crippen molar-refractivity contribution in [1.29, 1.82) is 0 Å². The molecule has 4 atom stereocenters. The molecule has 0 saturated carbocycles. The highest BCUT2D eigenvalue weighted by molar-refractivity contribution is 5.80. The predicted molar refractivity (Wildman–Crippen MR) is 196 cm³/mol. The number of aliphatic hydroxyl groups is 4. The van der Waals surface area contributed by atoms with Crippen LogP contribution in [0, 0.1) is 0 Å². The quantitative estimate of drug-likeness (QED) is 0.0342. The van der Waals surface area contributed by atoms with E-state index in [1.54, 1.807) is 0 Å². The van der Waals surface area contributed by atoms with E-state index >= 15 is 0 Å². The van der Waals surface area contributed by atoms with Gasteiger partial charge in [-0.25, -0.2) is 0 Å². The summed E-state index contributed by atoms with van der Waals surface area (Å²) in [6.45, 7) is 3.98. The first-order valence-corrected chi connectivity index (χ1v) is 20.1. The van der Waals surface area contributed by atoms with Crippen LogP contribution < -0.4 is 5.32 Å². The fraction of sp³-hybridized carbons (Fsp3) is 0.925. The fourth-order valence-corrected chi connectivity index (χ4v) is 6.23. The number of carbonyl (C=O) groups is 1. The summed E-state index contributed by atoms with van der Waals surface area (Å²) in [5, 5.41) is 43.3. The van der Waals surface area contributed by atoms with E-state index in [0.717, 1.165) is 32.1 Å². The highest BCUT2D eigenvalue weighted by Gasteiger charge is 2.28. The third-order valence-electron chi connectivity index (χ3n) is 9.48. The number of allylic oxidation sites excluding steroid dienone is 2. The van der Waals surface area contributed by atoms with Crippen LogP contribution in [0.25, 0.3) is 0 Å². The standard InChI is InChI=1S/C40H79NO5/c1-3-5-7-9-11-13-14-15-16-17-18-19-20-21-22-23-24-25-26-28-29-31-33-37(43)39(45)36(35-42)41-40(46)38(44)34-32-30-27-12-10-8-6-4-2/h27,30,36-39,42-45H,3-26,28-29,31-35H2,1-2H3,(H,41,46)/b30-27-. The maximum Gasteiger partial charge on any atom is 0.249 e. The Bertz CT molecular complexity index is 658. The van der Waals surface area contributed by atoms with Gasteiger partial charge in [-0.3, -0.25) is 4.79 Å². The lowest BCUT2D eigenvalue weighted by Gasteiger charge is -2.27. The number of aliphatic hydroxyl groups excluding tert-OH is 4. The molecule has 0 aliphatic heterocycles. The molecule has 0 saturated heterocycles. The zero-order valence-corrected chi connectivity index (χ0v) is 30.6. The summed E-state index contributed by atoms with van der Waals surface area (Å²) >= 11 is 0. The van der Waals surface area contributed by atoms with E-state index in [4.69, 9.17) is 0 Å². The number of carbonyl (C=O) groups excluding carboxylic acids is 1. The van der Waals surface area contributed by atoms with E-state index in [1.165, 1.54) is 141 Å². The average molecular weight is 654 g/mol. The molecule has 0 heterocycles. The highest BCUT2D eigenvalue weighted by Crippen LogP contribution is 2.16. The predicted octanol–water partition coefficient (Wildman–Crippen LogP) is 9.85. The minimum Gasteiger partial charge on any atom is -0.394 e. The Hall–Kier alpha value is -0.950. The smallest absolute Gasteiger partial charge is 0.249 e. The maximum atomic E-state index is 12.4. The van der Waals surface area contributed by atoms with Gasteiger partial charge in [0.1, 0.15) is 12.2 Å². The number of unbranched alkanes of at least 4 members (excludes halogenated alkanes) is 25. The van der Waals surface area contributed by atoms with Gasteiger partial charge in [-0.1, -0.05) is 187 Å². The first-order chi connectivity index (χ1) is 22.5. The molecular formula is C40H79NO5. The van der Waals surface area contributed by atoms with Gasteiger partial charge in [0.15, 0.2) is 0 Å². The van der Waals surface area contributed by atoms with Crippen molar-refractivity contribution >= 4 is 5.91 Å². The molecule has 0 bridgehead atoms. The van der Waals surface area contributed by atoms with Crippen LogP contribution in [0.4, 0.5) is 0 Å². The molecule has 0 spiro atoms. The number of amides is 1. The van der Waals surface area contributed by atoms with Crippen molar-refractivity contribution in [3.8, 4) is 0 Å². The molecule has 6 heteroatoms. The van der Waals surface area contributed by atoms with Crippen molar-refractivity contribution in [3.63, 3.8) is 0 Å². The van der Waals surface area contributed by atoms with Crippen molar-refractivity contribution in [3.05, 3.63) is 12.2 Å². The number of hydrogen-bond donors (Lipinski definition) is 5. The first kappa shape index (κ1) is 45.0. The van der Waals surface area contributed by atoms with Crippen molar-refractivity contribution in [2.45, 2.75) is 231 Å². The maximum absolute atomic E-state index is 12.4. The molecule has 0 fully saturated rings. The second-order valence-corrected chi connectivity index (χ2v) is 14.0. The molecule has 0 aliphatic rings. The lowest BCUT2D eigenvalue weighted by molar-refractivity contribution is -0.132. The van der Waals surface area contributed by atoms with Crippen LogP contribution >= 0.6 is 0 Å². The molecule has 5 N–H and O–H groups in total. The number of rotatable bonds is 36. The molecule has 1 amide bonds. The minimum atomic E-state index is -1.26. The SMILES string of the molecule is CCCCCC/C=C\CCC(O)C(=O)NC(CO)C(O)C(O)CCCCCCCCCCCCCCCCCCCCCCCC.